The fraction of sp³-hybridized carbons (Fsp3) is 1.00. The van der Waals surface area contributed by atoms with Crippen LogP contribution in [0.5, 0.6) is 0 Å². The molecule has 0 amide bonds. The first-order chi connectivity index (χ1) is 5.13. The van der Waals surface area contributed by atoms with Crippen molar-refractivity contribution in [1.82, 2.24) is 0 Å². The van der Waals surface area contributed by atoms with Crippen molar-refractivity contribution in [1.29, 1.82) is 0 Å². The summed E-state index contributed by atoms with van der Waals surface area (Å²) in [5.74, 6) is 1.12. The van der Waals surface area contributed by atoms with E-state index in [1.807, 2.05) is 0 Å². The smallest absolute Gasteiger partial charge is 0.0568 e. The Bertz CT molecular complexity index is 89.0. The van der Waals surface area contributed by atoms with Crippen molar-refractivity contribution in [3.63, 3.8) is 0 Å². The van der Waals surface area contributed by atoms with Gasteiger partial charge in [-0.1, -0.05) is 41.5 Å². The van der Waals surface area contributed by atoms with Crippen LogP contribution in [-0.4, -0.2) is 11.2 Å². The maximum atomic E-state index is 9.62. The maximum absolute atomic E-state index is 9.62. The first-order valence-electron chi connectivity index (χ1n) is 4.81. The first-order valence-corrected chi connectivity index (χ1v) is 4.81. The molecule has 0 saturated heterocycles. The molecule has 2 atom stereocenters. The highest BCUT2D eigenvalue weighted by atomic mass is 16.3. The lowest BCUT2D eigenvalue weighted by Gasteiger charge is -2.24. The molecule has 0 rings (SSSR count). The van der Waals surface area contributed by atoms with Crippen molar-refractivity contribution in [2.45, 2.75) is 60.5 Å². The van der Waals surface area contributed by atoms with E-state index >= 15 is 0 Å². The van der Waals surface area contributed by atoms with E-state index in [1.54, 1.807) is 0 Å². The van der Waals surface area contributed by atoms with Gasteiger partial charge in [0.1, 0.15) is 0 Å². The van der Waals surface area contributed by atoms with Crippen LogP contribution in [0.1, 0.15) is 54.4 Å². The molecule has 0 heterocycles. The van der Waals surface area contributed by atoms with Gasteiger partial charge in [0.25, 0.3) is 0 Å². The topological polar surface area (TPSA) is 20.2 Å². The number of aliphatic hydroxyl groups excluding tert-OH is 1. The molecule has 0 saturated carbocycles. The summed E-state index contributed by atoms with van der Waals surface area (Å²) >= 11 is 0. The second kappa shape index (κ2) is 7.60. The highest BCUT2D eigenvalue weighted by Crippen LogP contribution is 2.22. The largest absolute Gasteiger partial charge is 0.393 e. The first kappa shape index (κ1) is 14.5. The van der Waals surface area contributed by atoms with Gasteiger partial charge in [0.05, 0.1) is 6.10 Å². The van der Waals surface area contributed by atoms with Gasteiger partial charge >= 0.3 is 0 Å². The van der Waals surface area contributed by atoms with E-state index < -0.39 is 0 Å². The average Bonchev–Trinajstić information content (AvgIpc) is 1.98. The predicted molar refractivity (Wildman–Crippen MR) is 56.3 cm³/mol. The highest BCUT2D eigenvalue weighted by Gasteiger charge is 2.19. The second-order valence-electron chi connectivity index (χ2n) is 3.67. The summed E-state index contributed by atoms with van der Waals surface area (Å²) < 4.78 is 0. The Morgan fingerprint density at radius 1 is 1.17 bits per heavy atom. The Balaban J connectivity index is 0. The molecule has 76 valence electrons. The van der Waals surface area contributed by atoms with Gasteiger partial charge in [-0.05, 0) is 24.7 Å². The van der Waals surface area contributed by atoms with Crippen LogP contribution in [0.4, 0.5) is 0 Å². The van der Waals surface area contributed by atoms with Crippen molar-refractivity contribution in [2.75, 3.05) is 0 Å². The second-order valence-corrected chi connectivity index (χ2v) is 3.67. The van der Waals surface area contributed by atoms with Crippen LogP contribution in [0, 0.1) is 11.8 Å². The average molecular weight is 174 g/mol. The Hall–Kier alpha value is -0.0400. The van der Waals surface area contributed by atoms with E-state index in [9.17, 15) is 5.11 Å². The van der Waals surface area contributed by atoms with Crippen LogP contribution in [0.3, 0.4) is 0 Å². The van der Waals surface area contributed by atoms with Crippen LogP contribution in [0.25, 0.3) is 0 Å². The number of hydrogen-bond donors (Lipinski definition) is 1. The third kappa shape index (κ3) is 4.76. The zero-order valence-electron chi connectivity index (χ0n) is 8.30. The summed E-state index contributed by atoms with van der Waals surface area (Å²) in [6.45, 7) is 8.62. The SMILES string of the molecule is C.CCC[C@H](C(C)C)[C@H](O)CC. The quantitative estimate of drug-likeness (QED) is 0.676. The fourth-order valence-corrected chi connectivity index (χ4v) is 1.61. The van der Waals surface area contributed by atoms with E-state index in [-0.39, 0.29) is 13.5 Å². The molecule has 12 heavy (non-hydrogen) atoms. The van der Waals surface area contributed by atoms with Crippen molar-refractivity contribution < 1.29 is 5.11 Å². The molecule has 1 heteroatoms. The molecule has 1 nitrogen and oxygen atoms in total. The summed E-state index contributed by atoms with van der Waals surface area (Å²) in [7, 11) is 0. The molecule has 0 aromatic rings. The van der Waals surface area contributed by atoms with Crippen molar-refractivity contribution in [3.8, 4) is 0 Å². The van der Waals surface area contributed by atoms with Gasteiger partial charge in [-0.15, -0.1) is 0 Å². The Kier molecular flexibility index (Phi) is 9.17. The minimum atomic E-state index is -0.0880. The molecule has 0 aliphatic heterocycles. The molecule has 0 aliphatic rings. The molecule has 0 radical (unpaired) electrons. The molecule has 0 aliphatic carbocycles. The van der Waals surface area contributed by atoms with E-state index in [0.29, 0.717) is 11.8 Å². The predicted octanol–water partition coefficient (Wildman–Crippen LogP) is 3.47. The molecular weight excluding hydrogens is 148 g/mol. The zero-order chi connectivity index (χ0) is 8.85. The van der Waals surface area contributed by atoms with Crippen LogP contribution in [-0.2, 0) is 0 Å². The lowest BCUT2D eigenvalue weighted by Crippen LogP contribution is -2.24. The van der Waals surface area contributed by atoms with Gasteiger partial charge in [0.2, 0.25) is 0 Å². The minimum absolute atomic E-state index is 0. The summed E-state index contributed by atoms with van der Waals surface area (Å²) in [5, 5.41) is 9.62. The van der Waals surface area contributed by atoms with Gasteiger partial charge in [0.15, 0.2) is 0 Å². The summed E-state index contributed by atoms with van der Waals surface area (Å²) in [4.78, 5) is 0. The van der Waals surface area contributed by atoms with Gasteiger partial charge in [0, 0.05) is 0 Å². The standard InChI is InChI=1S/C10H22O.CH4/c1-5-7-9(8(3)4)10(11)6-2;/h8-11H,5-7H2,1-4H3;1H4/t9-,10-;/m1./s1. The van der Waals surface area contributed by atoms with Crippen molar-refractivity contribution >= 4 is 0 Å². The maximum Gasteiger partial charge on any atom is 0.0568 e. The molecule has 1 N–H and O–H groups in total. The van der Waals surface area contributed by atoms with E-state index in [2.05, 4.69) is 27.7 Å². The molecule has 0 unspecified atom stereocenters. The normalized spacial score (nSPS) is 15.5. The van der Waals surface area contributed by atoms with E-state index in [1.165, 1.54) is 6.42 Å². The molecule has 0 aromatic carbocycles. The van der Waals surface area contributed by atoms with E-state index in [0.717, 1.165) is 12.8 Å². The van der Waals surface area contributed by atoms with Crippen molar-refractivity contribution in [3.05, 3.63) is 0 Å². The fourth-order valence-electron chi connectivity index (χ4n) is 1.61. The zero-order valence-corrected chi connectivity index (χ0v) is 8.30. The molecule has 0 fully saturated rings. The molecular formula is C11H26O. The molecule has 0 aromatic heterocycles. The highest BCUT2D eigenvalue weighted by molar-refractivity contribution is 4.70. The van der Waals surface area contributed by atoms with Gasteiger partial charge < -0.3 is 5.11 Å². The number of hydrogen-bond acceptors (Lipinski definition) is 1. The molecule has 0 spiro atoms. The van der Waals surface area contributed by atoms with Crippen molar-refractivity contribution in [2.24, 2.45) is 11.8 Å². The number of rotatable bonds is 5. The van der Waals surface area contributed by atoms with Gasteiger partial charge in [-0.3, -0.25) is 0 Å². The van der Waals surface area contributed by atoms with Crippen LogP contribution < -0.4 is 0 Å². The summed E-state index contributed by atoms with van der Waals surface area (Å²) in [5.41, 5.74) is 0. The summed E-state index contributed by atoms with van der Waals surface area (Å²) in [6, 6.07) is 0. The Morgan fingerprint density at radius 2 is 1.67 bits per heavy atom. The Labute approximate surface area is 78.2 Å². The Morgan fingerprint density at radius 3 is 1.92 bits per heavy atom. The van der Waals surface area contributed by atoms with Gasteiger partial charge in [-0.25, -0.2) is 0 Å². The minimum Gasteiger partial charge on any atom is -0.393 e. The van der Waals surface area contributed by atoms with E-state index in [4.69, 9.17) is 0 Å². The van der Waals surface area contributed by atoms with Crippen LogP contribution in [0.2, 0.25) is 0 Å². The number of aliphatic hydroxyl groups is 1. The monoisotopic (exact) mass is 174 g/mol. The van der Waals surface area contributed by atoms with Gasteiger partial charge in [-0.2, -0.15) is 0 Å². The lowest BCUT2D eigenvalue weighted by atomic mass is 9.85. The lowest BCUT2D eigenvalue weighted by molar-refractivity contribution is 0.0722. The third-order valence-corrected chi connectivity index (χ3v) is 2.39. The third-order valence-electron chi connectivity index (χ3n) is 2.39. The summed E-state index contributed by atoms with van der Waals surface area (Å²) in [6.07, 6.45) is 3.14. The molecule has 0 bridgehead atoms. The van der Waals surface area contributed by atoms with Crippen LogP contribution >= 0.6 is 0 Å². The van der Waals surface area contributed by atoms with Crippen LogP contribution in [0.15, 0.2) is 0 Å².